The van der Waals surface area contributed by atoms with Crippen LogP contribution in [-0.4, -0.2) is 16.1 Å². The Morgan fingerprint density at radius 3 is 2.60 bits per heavy atom. The fraction of sp³-hybridized carbons (Fsp3) is 0.286. The SMILES string of the molecule is Cc1cc(Br)cc(C=O)c1OCc1c(Br)c(C)nn1C. The van der Waals surface area contributed by atoms with Gasteiger partial charge in [0, 0.05) is 11.5 Å². The third-order valence-electron chi connectivity index (χ3n) is 3.01. The Morgan fingerprint density at radius 1 is 1.35 bits per heavy atom. The molecule has 2 rings (SSSR count). The van der Waals surface area contributed by atoms with Crippen LogP contribution in [0.5, 0.6) is 5.75 Å². The van der Waals surface area contributed by atoms with Crippen molar-refractivity contribution in [3.8, 4) is 5.75 Å². The van der Waals surface area contributed by atoms with Gasteiger partial charge in [-0.15, -0.1) is 0 Å². The number of aldehydes is 1. The van der Waals surface area contributed by atoms with Gasteiger partial charge in [-0.05, 0) is 47.5 Å². The predicted octanol–water partition coefficient (Wildman–Crippen LogP) is 3.95. The predicted molar refractivity (Wildman–Crippen MR) is 84.2 cm³/mol. The summed E-state index contributed by atoms with van der Waals surface area (Å²) in [5.41, 5.74) is 3.29. The first-order valence-electron chi connectivity index (χ1n) is 6.00. The van der Waals surface area contributed by atoms with E-state index in [-0.39, 0.29) is 0 Å². The molecule has 0 fully saturated rings. The van der Waals surface area contributed by atoms with Crippen molar-refractivity contribution in [2.24, 2.45) is 7.05 Å². The lowest BCUT2D eigenvalue weighted by Crippen LogP contribution is -2.06. The Morgan fingerprint density at radius 2 is 2.05 bits per heavy atom. The second kappa shape index (κ2) is 6.10. The number of halogens is 2. The lowest BCUT2D eigenvalue weighted by atomic mass is 10.1. The van der Waals surface area contributed by atoms with Gasteiger partial charge >= 0.3 is 0 Å². The van der Waals surface area contributed by atoms with Crippen LogP contribution in [0.1, 0.15) is 27.3 Å². The summed E-state index contributed by atoms with van der Waals surface area (Å²) in [5, 5.41) is 4.31. The maximum atomic E-state index is 11.2. The van der Waals surface area contributed by atoms with Gasteiger partial charge in [-0.2, -0.15) is 5.10 Å². The monoisotopic (exact) mass is 400 g/mol. The van der Waals surface area contributed by atoms with E-state index in [1.165, 1.54) is 0 Å². The highest BCUT2D eigenvalue weighted by atomic mass is 79.9. The molecule has 0 amide bonds. The molecule has 0 bridgehead atoms. The van der Waals surface area contributed by atoms with Crippen molar-refractivity contribution in [3.63, 3.8) is 0 Å². The van der Waals surface area contributed by atoms with Gasteiger partial charge in [0.2, 0.25) is 0 Å². The molecule has 106 valence electrons. The molecule has 0 saturated carbocycles. The molecule has 1 aromatic carbocycles. The van der Waals surface area contributed by atoms with Gasteiger partial charge in [0.15, 0.2) is 6.29 Å². The van der Waals surface area contributed by atoms with Gasteiger partial charge in [-0.3, -0.25) is 9.48 Å². The van der Waals surface area contributed by atoms with Crippen LogP contribution < -0.4 is 4.74 Å². The lowest BCUT2D eigenvalue weighted by molar-refractivity contribution is 0.111. The average molecular weight is 402 g/mol. The Balaban J connectivity index is 2.29. The molecule has 0 saturated heterocycles. The number of hydrogen-bond donors (Lipinski definition) is 0. The fourth-order valence-corrected chi connectivity index (χ4v) is 3.06. The Labute approximate surface area is 134 Å². The van der Waals surface area contributed by atoms with Crippen LogP contribution in [0, 0.1) is 13.8 Å². The largest absolute Gasteiger partial charge is 0.486 e. The van der Waals surface area contributed by atoms with Crippen LogP contribution >= 0.6 is 31.9 Å². The molecule has 0 unspecified atom stereocenters. The Kier molecular flexibility index (Phi) is 4.65. The molecule has 6 heteroatoms. The van der Waals surface area contributed by atoms with Crippen molar-refractivity contribution < 1.29 is 9.53 Å². The number of hydrogen-bond acceptors (Lipinski definition) is 3. The van der Waals surface area contributed by atoms with E-state index < -0.39 is 0 Å². The van der Waals surface area contributed by atoms with Gasteiger partial charge in [0.05, 0.1) is 21.4 Å². The van der Waals surface area contributed by atoms with Gasteiger partial charge in [0.25, 0.3) is 0 Å². The molecular weight excluding hydrogens is 388 g/mol. The van der Waals surface area contributed by atoms with Crippen LogP contribution in [0.15, 0.2) is 21.1 Å². The molecule has 0 N–H and O–H groups in total. The second-order valence-electron chi connectivity index (χ2n) is 4.52. The van der Waals surface area contributed by atoms with E-state index in [1.807, 2.05) is 27.0 Å². The van der Waals surface area contributed by atoms with Crippen LogP contribution in [0.2, 0.25) is 0 Å². The van der Waals surface area contributed by atoms with Gasteiger partial charge in [-0.1, -0.05) is 15.9 Å². The topological polar surface area (TPSA) is 44.1 Å². The maximum Gasteiger partial charge on any atom is 0.153 e. The maximum absolute atomic E-state index is 11.2. The third kappa shape index (κ3) is 2.96. The zero-order valence-corrected chi connectivity index (χ0v) is 14.6. The molecule has 0 aliphatic rings. The fourth-order valence-electron chi connectivity index (χ4n) is 2.02. The molecule has 0 spiro atoms. The van der Waals surface area contributed by atoms with E-state index in [1.54, 1.807) is 10.7 Å². The van der Waals surface area contributed by atoms with Crippen molar-refractivity contribution in [1.29, 1.82) is 0 Å². The summed E-state index contributed by atoms with van der Waals surface area (Å²) in [4.78, 5) is 11.2. The van der Waals surface area contributed by atoms with Crippen molar-refractivity contribution in [1.82, 2.24) is 9.78 Å². The van der Waals surface area contributed by atoms with Crippen molar-refractivity contribution >= 4 is 38.1 Å². The first kappa shape index (κ1) is 15.3. The molecule has 0 aliphatic heterocycles. The van der Waals surface area contributed by atoms with Crippen molar-refractivity contribution in [2.75, 3.05) is 0 Å². The molecule has 0 aliphatic carbocycles. The van der Waals surface area contributed by atoms with Crippen LogP contribution in [0.25, 0.3) is 0 Å². The number of carbonyl (C=O) groups is 1. The highest BCUT2D eigenvalue weighted by molar-refractivity contribution is 9.10. The molecule has 4 nitrogen and oxygen atoms in total. The number of aromatic nitrogens is 2. The number of rotatable bonds is 4. The molecule has 20 heavy (non-hydrogen) atoms. The number of carbonyl (C=O) groups excluding carboxylic acids is 1. The van der Waals surface area contributed by atoms with E-state index >= 15 is 0 Å². The summed E-state index contributed by atoms with van der Waals surface area (Å²) < 4.78 is 9.40. The second-order valence-corrected chi connectivity index (χ2v) is 6.23. The minimum Gasteiger partial charge on any atom is -0.486 e. The standard InChI is InChI=1S/C14H14Br2N2O2/c1-8-4-11(15)5-10(6-19)14(8)20-7-12-13(16)9(2)17-18(12)3/h4-6H,7H2,1-3H3. The van der Waals surface area contributed by atoms with Gasteiger partial charge in [-0.25, -0.2) is 0 Å². The van der Waals surface area contributed by atoms with Gasteiger partial charge in [0.1, 0.15) is 12.4 Å². The third-order valence-corrected chi connectivity index (χ3v) is 4.50. The van der Waals surface area contributed by atoms with E-state index in [0.29, 0.717) is 17.9 Å². The first-order valence-corrected chi connectivity index (χ1v) is 7.58. The van der Waals surface area contributed by atoms with Crippen LogP contribution in [-0.2, 0) is 13.7 Å². The number of ether oxygens (including phenoxy) is 1. The van der Waals surface area contributed by atoms with E-state index in [4.69, 9.17) is 4.74 Å². The van der Waals surface area contributed by atoms with E-state index in [2.05, 4.69) is 37.0 Å². The molecule has 0 radical (unpaired) electrons. The highest BCUT2D eigenvalue weighted by Crippen LogP contribution is 2.29. The molecule has 1 aromatic heterocycles. The Bertz CT molecular complexity index is 666. The number of aryl methyl sites for hydroxylation is 3. The smallest absolute Gasteiger partial charge is 0.153 e. The average Bonchev–Trinajstić information content (AvgIpc) is 2.62. The van der Waals surface area contributed by atoms with Gasteiger partial charge < -0.3 is 4.74 Å². The molecule has 1 heterocycles. The summed E-state index contributed by atoms with van der Waals surface area (Å²) in [6.07, 6.45) is 0.802. The van der Waals surface area contributed by atoms with Crippen molar-refractivity contribution in [2.45, 2.75) is 20.5 Å². The Hall–Kier alpha value is -1.14. The molecular formula is C14H14Br2N2O2. The zero-order valence-electron chi connectivity index (χ0n) is 11.4. The quantitative estimate of drug-likeness (QED) is 0.728. The number of nitrogens with zero attached hydrogens (tertiary/aromatic N) is 2. The number of benzene rings is 1. The highest BCUT2D eigenvalue weighted by Gasteiger charge is 2.14. The molecule has 2 aromatic rings. The normalized spacial score (nSPS) is 10.7. The zero-order chi connectivity index (χ0) is 14.9. The summed E-state index contributed by atoms with van der Waals surface area (Å²) in [7, 11) is 1.87. The molecule has 0 atom stereocenters. The van der Waals surface area contributed by atoms with E-state index in [0.717, 1.165) is 32.2 Å². The lowest BCUT2D eigenvalue weighted by Gasteiger charge is -2.12. The summed E-state index contributed by atoms with van der Waals surface area (Å²) in [5.74, 6) is 0.606. The summed E-state index contributed by atoms with van der Waals surface area (Å²) in [6.45, 7) is 4.19. The summed E-state index contributed by atoms with van der Waals surface area (Å²) in [6, 6.07) is 3.67. The van der Waals surface area contributed by atoms with Crippen LogP contribution in [0.4, 0.5) is 0 Å². The minimum atomic E-state index is 0.348. The minimum absolute atomic E-state index is 0.348. The summed E-state index contributed by atoms with van der Waals surface area (Å²) >= 11 is 6.87. The first-order chi connectivity index (χ1) is 9.43. The van der Waals surface area contributed by atoms with E-state index in [9.17, 15) is 4.79 Å². The van der Waals surface area contributed by atoms with Crippen molar-refractivity contribution in [3.05, 3.63) is 43.6 Å². The van der Waals surface area contributed by atoms with Crippen LogP contribution in [0.3, 0.4) is 0 Å².